The highest BCUT2D eigenvalue weighted by molar-refractivity contribution is 8.03. The number of ether oxygens (including phenoxy) is 1. The predicted molar refractivity (Wildman–Crippen MR) is 149 cm³/mol. The maximum atomic E-state index is 13.4. The van der Waals surface area contributed by atoms with Crippen LogP contribution >= 0.6 is 23.4 Å². The molecule has 38 heavy (non-hydrogen) atoms. The van der Waals surface area contributed by atoms with Gasteiger partial charge in [-0.25, -0.2) is 0 Å². The zero-order valence-electron chi connectivity index (χ0n) is 20.7. The van der Waals surface area contributed by atoms with Crippen molar-refractivity contribution >= 4 is 46.6 Å². The second-order valence-corrected chi connectivity index (χ2v) is 9.64. The molecule has 0 bridgehead atoms. The van der Waals surface area contributed by atoms with E-state index in [1.54, 1.807) is 67.6 Å². The highest BCUT2D eigenvalue weighted by atomic mass is 35.5. The molecule has 0 aliphatic carbocycles. The Labute approximate surface area is 229 Å². The second-order valence-electron chi connectivity index (χ2n) is 8.22. The van der Waals surface area contributed by atoms with Crippen molar-refractivity contribution in [3.8, 4) is 11.8 Å². The first-order chi connectivity index (χ1) is 18.4. The zero-order valence-corrected chi connectivity index (χ0v) is 22.3. The SMILES string of the molecule is CCOc1ccc(NC(=O)CSC2=C(C#N)C(c3ccco3)C(C(=O)Nc3ccc(Cl)cc3)=C(C)N2)cc1. The summed E-state index contributed by atoms with van der Waals surface area (Å²) >= 11 is 7.14. The van der Waals surface area contributed by atoms with Gasteiger partial charge in [0, 0.05) is 22.1 Å². The first kappa shape index (κ1) is 26.9. The molecule has 8 nitrogen and oxygen atoms in total. The molecule has 3 aromatic rings. The van der Waals surface area contributed by atoms with Gasteiger partial charge in [-0.3, -0.25) is 9.59 Å². The number of carbonyl (C=O) groups excluding carboxylic acids is 2. The minimum atomic E-state index is -0.750. The number of nitrogens with zero attached hydrogens (tertiary/aromatic N) is 1. The van der Waals surface area contributed by atoms with Crippen molar-refractivity contribution in [3.05, 3.63) is 99.6 Å². The minimum absolute atomic E-state index is 0.0468. The Hall–Kier alpha value is -4.13. The van der Waals surface area contributed by atoms with Gasteiger partial charge < -0.3 is 25.1 Å². The van der Waals surface area contributed by atoms with Crippen molar-refractivity contribution in [1.29, 1.82) is 5.26 Å². The summed E-state index contributed by atoms with van der Waals surface area (Å²) in [5, 5.41) is 20.0. The van der Waals surface area contributed by atoms with Crippen LogP contribution in [-0.2, 0) is 9.59 Å². The number of rotatable bonds is 9. The van der Waals surface area contributed by atoms with E-state index < -0.39 is 5.92 Å². The van der Waals surface area contributed by atoms with Crippen molar-refractivity contribution in [2.75, 3.05) is 23.0 Å². The van der Waals surface area contributed by atoms with Crippen LogP contribution in [-0.4, -0.2) is 24.2 Å². The fourth-order valence-corrected chi connectivity index (χ4v) is 4.95. The molecular formula is C28H25ClN4O4S. The minimum Gasteiger partial charge on any atom is -0.494 e. The van der Waals surface area contributed by atoms with Gasteiger partial charge in [-0.2, -0.15) is 5.26 Å². The van der Waals surface area contributed by atoms with Crippen LogP contribution in [0.3, 0.4) is 0 Å². The summed E-state index contributed by atoms with van der Waals surface area (Å²) < 4.78 is 11.1. The fraction of sp³-hybridized carbons (Fsp3) is 0.179. The summed E-state index contributed by atoms with van der Waals surface area (Å²) in [6, 6.07) is 19.5. The van der Waals surface area contributed by atoms with E-state index in [1.807, 2.05) is 6.92 Å². The lowest BCUT2D eigenvalue weighted by Gasteiger charge is -2.28. The van der Waals surface area contributed by atoms with E-state index in [0.717, 1.165) is 5.75 Å². The number of carbonyl (C=O) groups is 2. The quantitative estimate of drug-likeness (QED) is 0.298. The van der Waals surface area contributed by atoms with Crippen LogP contribution in [0, 0.1) is 11.3 Å². The van der Waals surface area contributed by atoms with Crippen LogP contribution < -0.4 is 20.7 Å². The Morgan fingerprint density at radius 2 is 1.79 bits per heavy atom. The summed E-state index contributed by atoms with van der Waals surface area (Å²) in [7, 11) is 0. The van der Waals surface area contributed by atoms with Gasteiger partial charge in [0.1, 0.15) is 11.5 Å². The number of hydrogen-bond acceptors (Lipinski definition) is 7. The Balaban J connectivity index is 1.53. The van der Waals surface area contributed by atoms with Crippen molar-refractivity contribution in [2.24, 2.45) is 0 Å². The van der Waals surface area contributed by atoms with E-state index in [-0.39, 0.29) is 23.1 Å². The fourth-order valence-electron chi connectivity index (χ4n) is 3.94. The molecular weight excluding hydrogens is 524 g/mol. The van der Waals surface area contributed by atoms with Crippen molar-refractivity contribution < 1.29 is 18.7 Å². The van der Waals surface area contributed by atoms with Gasteiger partial charge in [-0.15, -0.1) is 0 Å². The Morgan fingerprint density at radius 1 is 1.11 bits per heavy atom. The smallest absolute Gasteiger partial charge is 0.254 e. The molecule has 1 aliphatic heterocycles. The number of dihydropyridines is 1. The van der Waals surface area contributed by atoms with E-state index in [4.69, 9.17) is 20.8 Å². The van der Waals surface area contributed by atoms with Crippen LogP contribution in [0.5, 0.6) is 5.75 Å². The Bertz CT molecular complexity index is 1410. The topological polar surface area (TPSA) is 116 Å². The van der Waals surface area contributed by atoms with Gasteiger partial charge in [0.05, 0.1) is 46.8 Å². The van der Waals surface area contributed by atoms with E-state index in [0.29, 0.717) is 45.1 Å². The standard InChI is InChI=1S/C28H25ClN4O4S/c1-3-36-21-12-10-19(11-13-21)32-24(34)16-38-28-22(15-30)26(23-5-4-14-37-23)25(17(2)31-28)27(35)33-20-8-6-18(29)7-9-20/h4-14,26,31H,3,16H2,1-2H3,(H,32,34)(H,33,35). The Morgan fingerprint density at radius 3 is 2.42 bits per heavy atom. The van der Waals surface area contributed by atoms with Gasteiger partial charge >= 0.3 is 0 Å². The molecule has 2 amide bonds. The van der Waals surface area contributed by atoms with Gasteiger partial charge in [-0.1, -0.05) is 23.4 Å². The molecule has 0 saturated carbocycles. The van der Waals surface area contributed by atoms with Crippen LogP contribution in [0.1, 0.15) is 25.5 Å². The van der Waals surface area contributed by atoms with Crippen LogP contribution in [0.2, 0.25) is 5.02 Å². The number of nitriles is 1. The molecule has 2 heterocycles. The number of allylic oxidation sites excluding steroid dienone is 2. The number of anilines is 2. The molecule has 1 atom stereocenters. The third kappa shape index (κ3) is 6.40. The molecule has 194 valence electrons. The normalized spacial score (nSPS) is 14.9. The van der Waals surface area contributed by atoms with Gasteiger partial charge in [-0.05, 0) is 74.5 Å². The van der Waals surface area contributed by atoms with Gasteiger partial charge in [0.2, 0.25) is 5.91 Å². The molecule has 0 radical (unpaired) electrons. The largest absolute Gasteiger partial charge is 0.494 e. The molecule has 0 saturated heterocycles. The number of furan rings is 1. The number of nitrogens with one attached hydrogen (secondary N) is 3. The number of benzene rings is 2. The maximum absolute atomic E-state index is 13.4. The molecule has 1 aromatic heterocycles. The molecule has 0 spiro atoms. The summed E-state index contributed by atoms with van der Waals surface area (Å²) in [6.07, 6.45) is 1.49. The average Bonchev–Trinajstić information content (AvgIpc) is 3.44. The van der Waals surface area contributed by atoms with E-state index >= 15 is 0 Å². The second kappa shape index (κ2) is 12.4. The third-order valence-electron chi connectivity index (χ3n) is 5.62. The summed E-state index contributed by atoms with van der Waals surface area (Å²) in [4.78, 5) is 26.0. The molecule has 3 N–H and O–H groups in total. The van der Waals surface area contributed by atoms with Gasteiger partial charge in [0.15, 0.2) is 0 Å². The summed E-state index contributed by atoms with van der Waals surface area (Å²) in [6.45, 7) is 4.21. The summed E-state index contributed by atoms with van der Waals surface area (Å²) in [5.41, 5.74) is 2.37. The van der Waals surface area contributed by atoms with Crippen molar-refractivity contribution in [1.82, 2.24) is 5.32 Å². The summed E-state index contributed by atoms with van der Waals surface area (Å²) in [5.74, 6) is -0.166. The van der Waals surface area contributed by atoms with Crippen LogP contribution in [0.15, 0.2) is 93.2 Å². The molecule has 2 aromatic carbocycles. The molecule has 1 unspecified atom stereocenters. The number of amides is 2. The predicted octanol–water partition coefficient (Wildman–Crippen LogP) is 6.04. The number of halogens is 1. The third-order valence-corrected chi connectivity index (χ3v) is 6.89. The van der Waals surface area contributed by atoms with Crippen LogP contribution in [0.4, 0.5) is 11.4 Å². The lowest BCUT2D eigenvalue weighted by Crippen LogP contribution is -2.31. The average molecular weight is 549 g/mol. The van der Waals surface area contributed by atoms with Gasteiger partial charge in [0.25, 0.3) is 5.91 Å². The molecule has 0 fully saturated rings. The van der Waals surface area contributed by atoms with E-state index in [2.05, 4.69) is 22.0 Å². The Kier molecular flexibility index (Phi) is 8.79. The molecule has 4 rings (SSSR count). The number of hydrogen-bond donors (Lipinski definition) is 3. The van der Waals surface area contributed by atoms with Crippen molar-refractivity contribution in [3.63, 3.8) is 0 Å². The first-order valence-corrected chi connectivity index (χ1v) is 13.1. The maximum Gasteiger partial charge on any atom is 0.254 e. The van der Waals surface area contributed by atoms with Crippen LogP contribution in [0.25, 0.3) is 0 Å². The number of thioether (sulfide) groups is 1. The lowest BCUT2D eigenvalue weighted by atomic mass is 9.85. The highest BCUT2D eigenvalue weighted by Gasteiger charge is 2.36. The zero-order chi connectivity index (χ0) is 27.1. The highest BCUT2D eigenvalue weighted by Crippen LogP contribution is 2.41. The molecule has 10 heteroatoms. The molecule has 1 aliphatic rings. The van der Waals surface area contributed by atoms with E-state index in [1.165, 1.54) is 18.0 Å². The monoisotopic (exact) mass is 548 g/mol. The van der Waals surface area contributed by atoms with E-state index in [9.17, 15) is 14.9 Å². The lowest BCUT2D eigenvalue weighted by molar-refractivity contribution is -0.114. The first-order valence-electron chi connectivity index (χ1n) is 11.8. The van der Waals surface area contributed by atoms with Crippen molar-refractivity contribution in [2.45, 2.75) is 19.8 Å².